The van der Waals surface area contributed by atoms with Crippen molar-refractivity contribution in [3.8, 4) is 11.5 Å². The summed E-state index contributed by atoms with van der Waals surface area (Å²) in [4.78, 5) is 12.7. The number of rotatable bonds is 5. The predicted octanol–water partition coefficient (Wildman–Crippen LogP) is 4.96. The van der Waals surface area contributed by atoms with Crippen LogP contribution < -0.4 is 5.32 Å². The second-order valence-corrected chi connectivity index (χ2v) is 11.1. The molecule has 0 spiro atoms. The van der Waals surface area contributed by atoms with E-state index in [4.69, 9.17) is 27.6 Å². The Labute approximate surface area is 201 Å². The van der Waals surface area contributed by atoms with Crippen LogP contribution in [0.15, 0.2) is 51.8 Å². The maximum atomic E-state index is 13.0. The highest BCUT2D eigenvalue weighted by atomic mass is 35.5. The SMILES string of the molecule is CC1CC(C)CN(S(=O)(=O)c2ccc(C(=O)Nc3nnc(-c4ccc(Cl)cc4Cl)o3)cc2)C1. The smallest absolute Gasteiger partial charge is 0.322 e. The average molecular weight is 509 g/mol. The molecule has 2 unspecified atom stereocenters. The van der Waals surface area contributed by atoms with Crippen LogP contribution in [0.5, 0.6) is 0 Å². The van der Waals surface area contributed by atoms with E-state index in [2.05, 4.69) is 29.4 Å². The molecule has 0 radical (unpaired) electrons. The average Bonchev–Trinajstić information content (AvgIpc) is 3.21. The minimum absolute atomic E-state index is 0.117. The fraction of sp³-hybridized carbons (Fsp3) is 0.318. The van der Waals surface area contributed by atoms with Gasteiger partial charge in [-0.3, -0.25) is 10.1 Å². The predicted molar refractivity (Wildman–Crippen MR) is 126 cm³/mol. The Morgan fingerprint density at radius 1 is 1.06 bits per heavy atom. The number of amides is 1. The number of benzene rings is 2. The maximum Gasteiger partial charge on any atom is 0.322 e. The van der Waals surface area contributed by atoms with Gasteiger partial charge in [-0.1, -0.05) is 42.1 Å². The number of hydrogen-bond acceptors (Lipinski definition) is 6. The first-order valence-corrected chi connectivity index (χ1v) is 12.5. The van der Waals surface area contributed by atoms with Gasteiger partial charge in [0.15, 0.2) is 0 Å². The highest BCUT2D eigenvalue weighted by molar-refractivity contribution is 7.89. The van der Waals surface area contributed by atoms with Crippen molar-refractivity contribution < 1.29 is 17.6 Å². The van der Waals surface area contributed by atoms with Gasteiger partial charge >= 0.3 is 6.01 Å². The van der Waals surface area contributed by atoms with Crippen LogP contribution in [0.4, 0.5) is 6.01 Å². The van der Waals surface area contributed by atoms with Gasteiger partial charge in [0.1, 0.15) is 0 Å². The van der Waals surface area contributed by atoms with E-state index in [1.807, 2.05) is 0 Å². The van der Waals surface area contributed by atoms with E-state index in [1.54, 1.807) is 18.2 Å². The molecule has 2 heterocycles. The number of nitrogens with zero attached hydrogens (tertiary/aromatic N) is 3. The third-order valence-corrected chi connectivity index (χ3v) is 7.79. The van der Waals surface area contributed by atoms with Crippen LogP contribution in [0.25, 0.3) is 11.5 Å². The summed E-state index contributed by atoms with van der Waals surface area (Å²) in [5, 5.41) is 11.0. The molecule has 8 nitrogen and oxygen atoms in total. The Bertz CT molecular complexity index is 1270. The van der Waals surface area contributed by atoms with E-state index in [0.29, 0.717) is 40.5 Å². The van der Waals surface area contributed by atoms with E-state index in [-0.39, 0.29) is 22.4 Å². The van der Waals surface area contributed by atoms with Gasteiger partial charge in [-0.25, -0.2) is 8.42 Å². The third kappa shape index (κ3) is 5.22. The molecule has 174 valence electrons. The lowest BCUT2D eigenvalue weighted by Crippen LogP contribution is -2.42. The number of nitrogens with one attached hydrogen (secondary N) is 1. The monoisotopic (exact) mass is 508 g/mol. The van der Waals surface area contributed by atoms with Gasteiger partial charge in [0.05, 0.1) is 15.5 Å². The van der Waals surface area contributed by atoms with E-state index in [0.717, 1.165) is 6.42 Å². The molecule has 0 aliphatic carbocycles. The summed E-state index contributed by atoms with van der Waals surface area (Å²) < 4.78 is 33.0. The van der Waals surface area contributed by atoms with E-state index in [1.165, 1.54) is 28.6 Å². The molecule has 11 heteroatoms. The topological polar surface area (TPSA) is 105 Å². The molecule has 1 aliphatic rings. The molecule has 1 amide bonds. The summed E-state index contributed by atoms with van der Waals surface area (Å²) >= 11 is 12.0. The standard InChI is InChI=1S/C22H22Cl2N4O4S/c1-13-9-14(2)12-28(11-13)33(30,31)17-6-3-15(4-7-17)20(29)25-22-27-26-21(32-22)18-8-5-16(23)10-19(18)24/h3-8,10,13-14H,9,11-12H2,1-2H3,(H,25,27,29). The summed E-state index contributed by atoms with van der Waals surface area (Å²) in [6, 6.07) is 10.5. The van der Waals surface area contributed by atoms with Gasteiger partial charge < -0.3 is 4.42 Å². The normalized spacial score (nSPS) is 19.4. The molecule has 33 heavy (non-hydrogen) atoms. The lowest BCUT2D eigenvalue weighted by atomic mass is 9.94. The second kappa shape index (κ2) is 9.42. The summed E-state index contributed by atoms with van der Waals surface area (Å²) in [6.45, 7) is 5.09. The number of piperidine rings is 1. The molecular weight excluding hydrogens is 487 g/mol. The highest BCUT2D eigenvalue weighted by Crippen LogP contribution is 2.30. The molecule has 4 rings (SSSR count). The zero-order chi connectivity index (χ0) is 23.8. The number of anilines is 1. The third-order valence-electron chi connectivity index (χ3n) is 5.40. The van der Waals surface area contributed by atoms with Crippen LogP contribution in [-0.4, -0.2) is 41.9 Å². The molecule has 1 aromatic heterocycles. The Morgan fingerprint density at radius 2 is 1.73 bits per heavy atom. The number of halogens is 2. The van der Waals surface area contributed by atoms with Crippen LogP contribution in [-0.2, 0) is 10.0 Å². The number of sulfonamides is 1. The Morgan fingerprint density at radius 3 is 2.36 bits per heavy atom. The first kappa shape index (κ1) is 23.7. The van der Waals surface area contributed by atoms with Crippen molar-refractivity contribution in [2.24, 2.45) is 11.8 Å². The van der Waals surface area contributed by atoms with Crippen LogP contribution in [0.3, 0.4) is 0 Å². The van der Waals surface area contributed by atoms with Crippen LogP contribution >= 0.6 is 23.2 Å². The van der Waals surface area contributed by atoms with Crippen molar-refractivity contribution in [3.63, 3.8) is 0 Å². The Kier molecular flexibility index (Phi) is 6.76. The van der Waals surface area contributed by atoms with E-state index in [9.17, 15) is 13.2 Å². The summed E-state index contributed by atoms with van der Waals surface area (Å²) in [5.41, 5.74) is 0.726. The maximum absolute atomic E-state index is 13.0. The van der Waals surface area contributed by atoms with Gasteiger partial charge in [0.2, 0.25) is 10.0 Å². The molecule has 1 N–H and O–H groups in total. The summed E-state index contributed by atoms with van der Waals surface area (Å²) in [5.74, 6) is 0.209. The molecule has 1 fully saturated rings. The molecule has 2 aromatic carbocycles. The lowest BCUT2D eigenvalue weighted by Gasteiger charge is -2.34. The summed E-state index contributed by atoms with van der Waals surface area (Å²) in [7, 11) is -3.62. The molecule has 1 aliphatic heterocycles. The first-order chi connectivity index (χ1) is 15.6. The lowest BCUT2D eigenvalue weighted by molar-refractivity contribution is 0.102. The number of carbonyl (C=O) groups is 1. The fourth-order valence-corrected chi connectivity index (χ4v) is 6.11. The van der Waals surface area contributed by atoms with Crippen LogP contribution in [0.2, 0.25) is 10.0 Å². The zero-order valence-electron chi connectivity index (χ0n) is 18.0. The van der Waals surface area contributed by atoms with E-state index < -0.39 is 15.9 Å². The van der Waals surface area contributed by atoms with Crippen molar-refractivity contribution in [1.82, 2.24) is 14.5 Å². The van der Waals surface area contributed by atoms with Gasteiger partial charge in [0, 0.05) is 23.7 Å². The van der Waals surface area contributed by atoms with Crippen molar-refractivity contribution in [2.75, 3.05) is 18.4 Å². The number of carbonyl (C=O) groups excluding carboxylic acids is 1. The number of aromatic nitrogens is 2. The largest absolute Gasteiger partial charge is 0.403 e. The molecule has 0 saturated carbocycles. The van der Waals surface area contributed by atoms with Gasteiger partial charge in [-0.15, -0.1) is 5.10 Å². The molecule has 1 saturated heterocycles. The minimum Gasteiger partial charge on any atom is -0.403 e. The first-order valence-electron chi connectivity index (χ1n) is 10.3. The fourth-order valence-electron chi connectivity index (χ4n) is 3.94. The quantitative estimate of drug-likeness (QED) is 0.521. The second-order valence-electron chi connectivity index (χ2n) is 8.28. The molecule has 2 atom stereocenters. The summed E-state index contributed by atoms with van der Waals surface area (Å²) in [6.07, 6.45) is 1.01. The van der Waals surface area contributed by atoms with Gasteiger partial charge in [-0.2, -0.15) is 4.31 Å². The molecule has 3 aromatic rings. The van der Waals surface area contributed by atoms with Gasteiger partial charge in [0.25, 0.3) is 11.8 Å². The minimum atomic E-state index is -3.62. The molecular formula is C22H22Cl2N4O4S. The van der Waals surface area contributed by atoms with Crippen molar-refractivity contribution in [3.05, 3.63) is 58.1 Å². The number of hydrogen-bond donors (Lipinski definition) is 1. The Hall–Kier alpha value is -2.46. The van der Waals surface area contributed by atoms with Crippen molar-refractivity contribution >= 4 is 45.1 Å². The van der Waals surface area contributed by atoms with Crippen LogP contribution in [0.1, 0.15) is 30.6 Å². The highest BCUT2D eigenvalue weighted by Gasteiger charge is 2.31. The van der Waals surface area contributed by atoms with Crippen molar-refractivity contribution in [1.29, 1.82) is 0 Å². The van der Waals surface area contributed by atoms with Crippen molar-refractivity contribution in [2.45, 2.75) is 25.2 Å². The van der Waals surface area contributed by atoms with Crippen LogP contribution in [0, 0.1) is 11.8 Å². The van der Waals surface area contributed by atoms with E-state index >= 15 is 0 Å². The van der Waals surface area contributed by atoms with Gasteiger partial charge in [-0.05, 0) is 60.7 Å². The Balaban J connectivity index is 1.46. The zero-order valence-corrected chi connectivity index (χ0v) is 20.3. The molecule has 0 bridgehead atoms.